The van der Waals surface area contributed by atoms with Gasteiger partial charge in [0.1, 0.15) is 11.8 Å². The molecule has 2 aliphatic heterocycles. The Kier molecular flexibility index (Phi) is 4.03. The number of imidazole rings is 1. The number of likely N-dealkylation sites (N-methyl/N-ethyl adjacent to an activating group) is 1. The smallest absolute Gasteiger partial charge is 0.229 e. The van der Waals surface area contributed by atoms with Crippen LogP contribution in [0, 0.1) is 5.41 Å². The SMILES string of the molecule is CN1CC2(CCN(c3ncnc4nc[nH]c34)CC2)CC(c2ccccc2)C1=O. The van der Waals surface area contributed by atoms with Gasteiger partial charge in [0.15, 0.2) is 11.5 Å². The molecule has 0 saturated carbocycles. The quantitative estimate of drug-likeness (QED) is 0.744. The summed E-state index contributed by atoms with van der Waals surface area (Å²) in [5.74, 6) is 1.14. The lowest BCUT2D eigenvalue weighted by Crippen LogP contribution is -2.53. The van der Waals surface area contributed by atoms with Gasteiger partial charge in [-0.05, 0) is 30.2 Å². The standard InChI is InChI=1S/C21H24N6O/c1-26-12-21(11-16(20(26)28)15-5-3-2-4-6-15)7-9-27(10-8-21)19-17-18(23-13-22-17)24-14-25-19/h2-6,13-14,16H,7-12H2,1H3,(H,22,23,24,25). The third kappa shape index (κ3) is 2.82. The van der Waals surface area contributed by atoms with Crippen LogP contribution in [0.1, 0.15) is 30.7 Å². The summed E-state index contributed by atoms with van der Waals surface area (Å²) in [5, 5.41) is 0. The summed E-state index contributed by atoms with van der Waals surface area (Å²) in [5.41, 5.74) is 2.91. The summed E-state index contributed by atoms with van der Waals surface area (Å²) in [6.07, 6.45) is 6.28. The molecule has 7 nitrogen and oxygen atoms in total. The number of carbonyl (C=O) groups is 1. The Morgan fingerprint density at radius 3 is 2.68 bits per heavy atom. The van der Waals surface area contributed by atoms with Crippen LogP contribution >= 0.6 is 0 Å². The number of piperidine rings is 2. The van der Waals surface area contributed by atoms with Crippen LogP contribution in [0.25, 0.3) is 11.2 Å². The number of fused-ring (bicyclic) bond motifs is 1. The molecule has 5 rings (SSSR count). The maximum absolute atomic E-state index is 12.8. The van der Waals surface area contributed by atoms with Crippen molar-refractivity contribution in [2.45, 2.75) is 25.2 Å². The summed E-state index contributed by atoms with van der Waals surface area (Å²) in [6, 6.07) is 10.2. The Balaban J connectivity index is 1.37. The third-order valence-electron chi connectivity index (χ3n) is 6.41. The average molecular weight is 376 g/mol. The van der Waals surface area contributed by atoms with Gasteiger partial charge in [0.25, 0.3) is 0 Å². The number of nitrogens with zero attached hydrogens (tertiary/aromatic N) is 5. The van der Waals surface area contributed by atoms with Crippen LogP contribution in [-0.4, -0.2) is 57.4 Å². The second-order valence-electron chi connectivity index (χ2n) is 8.15. The number of benzene rings is 1. The molecule has 1 spiro atoms. The average Bonchev–Trinajstić information content (AvgIpc) is 3.21. The van der Waals surface area contributed by atoms with E-state index in [1.165, 1.54) is 0 Å². The molecule has 1 aromatic carbocycles. The Morgan fingerprint density at radius 2 is 1.89 bits per heavy atom. The van der Waals surface area contributed by atoms with E-state index in [9.17, 15) is 4.79 Å². The van der Waals surface area contributed by atoms with Crippen molar-refractivity contribution in [1.82, 2.24) is 24.8 Å². The molecule has 3 aromatic rings. The van der Waals surface area contributed by atoms with Crippen LogP contribution < -0.4 is 4.90 Å². The molecule has 1 atom stereocenters. The van der Waals surface area contributed by atoms with Crippen molar-refractivity contribution < 1.29 is 4.79 Å². The van der Waals surface area contributed by atoms with Crippen LogP contribution in [-0.2, 0) is 4.79 Å². The van der Waals surface area contributed by atoms with Gasteiger partial charge in [0.2, 0.25) is 5.91 Å². The lowest BCUT2D eigenvalue weighted by atomic mass is 9.68. The first kappa shape index (κ1) is 17.2. The molecule has 1 unspecified atom stereocenters. The van der Waals surface area contributed by atoms with E-state index in [1.54, 1.807) is 12.7 Å². The molecule has 1 amide bonds. The number of hydrogen-bond acceptors (Lipinski definition) is 5. The second-order valence-corrected chi connectivity index (χ2v) is 8.15. The Bertz CT molecular complexity index is 992. The highest BCUT2D eigenvalue weighted by Crippen LogP contribution is 2.45. The number of rotatable bonds is 2. The molecule has 144 valence electrons. The molecule has 0 radical (unpaired) electrons. The molecule has 0 bridgehead atoms. The number of anilines is 1. The number of H-pyrrole nitrogens is 1. The summed E-state index contributed by atoms with van der Waals surface area (Å²) < 4.78 is 0. The third-order valence-corrected chi connectivity index (χ3v) is 6.41. The van der Waals surface area contributed by atoms with E-state index in [0.717, 1.165) is 55.8 Å². The van der Waals surface area contributed by atoms with Gasteiger partial charge < -0.3 is 14.8 Å². The number of aromatic amines is 1. The lowest BCUT2D eigenvalue weighted by Gasteiger charge is -2.49. The van der Waals surface area contributed by atoms with Crippen LogP contribution in [0.2, 0.25) is 0 Å². The normalized spacial score (nSPS) is 22.2. The number of aromatic nitrogens is 4. The molecule has 7 heteroatoms. The zero-order valence-electron chi connectivity index (χ0n) is 16.0. The summed E-state index contributed by atoms with van der Waals surface area (Å²) in [6.45, 7) is 2.69. The number of nitrogens with one attached hydrogen (secondary N) is 1. The van der Waals surface area contributed by atoms with Gasteiger partial charge in [0, 0.05) is 26.7 Å². The molecule has 2 aliphatic rings. The van der Waals surface area contributed by atoms with Gasteiger partial charge in [0.05, 0.1) is 12.2 Å². The van der Waals surface area contributed by atoms with Crippen molar-refractivity contribution in [3.8, 4) is 0 Å². The van der Waals surface area contributed by atoms with Crippen LogP contribution in [0.4, 0.5) is 5.82 Å². The summed E-state index contributed by atoms with van der Waals surface area (Å²) in [7, 11) is 1.95. The highest BCUT2D eigenvalue weighted by molar-refractivity contribution is 5.85. The van der Waals surface area contributed by atoms with Gasteiger partial charge in [-0.15, -0.1) is 0 Å². The van der Waals surface area contributed by atoms with E-state index in [0.29, 0.717) is 5.65 Å². The van der Waals surface area contributed by atoms with E-state index in [-0.39, 0.29) is 17.2 Å². The van der Waals surface area contributed by atoms with Gasteiger partial charge in [-0.25, -0.2) is 15.0 Å². The lowest BCUT2D eigenvalue weighted by molar-refractivity contribution is -0.138. The minimum atomic E-state index is -0.0372. The van der Waals surface area contributed by atoms with Crippen molar-refractivity contribution in [1.29, 1.82) is 0 Å². The minimum absolute atomic E-state index is 0.0372. The maximum Gasteiger partial charge on any atom is 0.229 e. The van der Waals surface area contributed by atoms with Crippen molar-refractivity contribution in [3.05, 3.63) is 48.5 Å². The van der Waals surface area contributed by atoms with Crippen LogP contribution in [0.3, 0.4) is 0 Å². The molecule has 4 heterocycles. The number of carbonyl (C=O) groups excluding carboxylic acids is 1. The monoisotopic (exact) mass is 376 g/mol. The Morgan fingerprint density at radius 1 is 1.11 bits per heavy atom. The molecule has 2 aromatic heterocycles. The van der Waals surface area contributed by atoms with Gasteiger partial charge >= 0.3 is 0 Å². The largest absolute Gasteiger partial charge is 0.355 e. The summed E-state index contributed by atoms with van der Waals surface area (Å²) in [4.78, 5) is 33.2. The number of likely N-dealkylation sites (tertiary alicyclic amines) is 1. The Hall–Kier alpha value is -2.96. The Labute approximate surface area is 163 Å². The van der Waals surface area contributed by atoms with Crippen LogP contribution in [0.5, 0.6) is 0 Å². The van der Waals surface area contributed by atoms with Crippen molar-refractivity contribution in [2.75, 3.05) is 31.6 Å². The van der Waals surface area contributed by atoms with E-state index >= 15 is 0 Å². The predicted molar refractivity (Wildman–Crippen MR) is 107 cm³/mol. The van der Waals surface area contributed by atoms with E-state index in [4.69, 9.17) is 0 Å². The van der Waals surface area contributed by atoms with E-state index < -0.39 is 0 Å². The summed E-state index contributed by atoms with van der Waals surface area (Å²) >= 11 is 0. The number of amides is 1. The molecular formula is C21H24N6O. The predicted octanol–water partition coefficient (Wildman–Crippen LogP) is 2.59. The molecule has 1 N–H and O–H groups in total. The van der Waals surface area contributed by atoms with Crippen molar-refractivity contribution in [3.63, 3.8) is 0 Å². The fourth-order valence-corrected chi connectivity index (χ4v) is 4.92. The zero-order chi connectivity index (χ0) is 19.1. The zero-order valence-corrected chi connectivity index (χ0v) is 16.0. The first-order valence-corrected chi connectivity index (χ1v) is 9.84. The number of hydrogen-bond donors (Lipinski definition) is 1. The molecule has 28 heavy (non-hydrogen) atoms. The second kappa shape index (κ2) is 6.58. The van der Waals surface area contributed by atoms with Crippen molar-refractivity contribution in [2.24, 2.45) is 5.41 Å². The minimum Gasteiger partial charge on any atom is -0.355 e. The van der Waals surface area contributed by atoms with E-state index in [2.05, 4.69) is 37.0 Å². The fourth-order valence-electron chi connectivity index (χ4n) is 4.92. The molecule has 2 fully saturated rings. The van der Waals surface area contributed by atoms with Crippen LogP contribution in [0.15, 0.2) is 43.0 Å². The first-order valence-electron chi connectivity index (χ1n) is 9.84. The first-order chi connectivity index (χ1) is 13.7. The molecular weight excluding hydrogens is 352 g/mol. The van der Waals surface area contributed by atoms with Crippen molar-refractivity contribution >= 4 is 22.9 Å². The van der Waals surface area contributed by atoms with Gasteiger partial charge in [-0.2, -0.15) is 0 Å². The van der Waals surface area contributed by atoms with Gasteiger partial charge in [-0.3, -0.25) is 4.79 Å². The fraction of sp³-hybridized carbons (Fsp3) is 0.429. The van der Waals surface area contributed by atoms with E-state index in [1.807, 2.05) is 30.1 Å². The maximum atomic E-state index is 12.8. The highest BCUT2D eigenvalue weighted by atomic mass is 16.2. The molecule has 0 aliphatic carbocycles. The van der Waals surface area contributed by atoms with Gasteiger partial charge in [-0.1, -0.05) is 30.3 Å². The topological polar surface area (TPSA) is 78.0 Å². The highest BCUT2D eigenvalue weighted by Gasteiger charge is 2.45. The molecule has 2 saturated heterocycles.